The first-order chi connectivity index (χ1) is 22.6. The van der Waals surface area contributed by atoms with Crippen molar-refractivity contribution in [1.82, 2.24) is 4.57 Å². The summed E-state index contributed by atoms with van der Waals surface area (Å²) in [5.41, 5.74) is 10.8. The third-order valence-electron chi connectivity index (χ3n) is 9.16. The SMILES string of the molecule is Cc1c(C)n(-c2ccccc2)c2cc(C=Cc3ccc(N(c4ccc5ccccc5c4)c4ccc5ccccc5c4)cc3)ccc12. The van der Waals surface area contributed by atoms with Crippen LogP contribution >= 0.6 is 0 Å². The van der Waals surface area contributed by atoms with Gasteiger partial charge >= 0.3 is 0 Å². The summed E-state index contributed by atoms with van der Waals surface area (Å²) < 4.78 is 2.37. The summed E-state index contributed by atoms with van der Waals surface area (Å²) in [5, 5.41) is 6.23. The molecule has 0 radical (unpaired) electrons. The predicted octanol–water partition coefficient (Wildman–Crippen LogP) is 12.2. The number of aromatic nitrogens is 1. The first kappa shape index (κ1) is 27.7. The zero-order valence-corrected chi connectivity index (χ0v) is 26.1. The van der Waals surface area contributed by atoms with Crippen LogP contribution in [-0.4, -0.2) is 4.57 Å². The summed E-state index contributed by atoms with van der Waals surface area (Å²) >= 11 is 0. The van der Waals surface area contributed by atoms with Gasteiger partial charge < -0.3 is 9.47 Å². The van der Waals surface area contributed by atoms with Gasteiger partial charge in [0.05, 0.1) is 5.52 Å². The first-order valence-electron chi connectivity index (χ1n) is 15.9. The van der Waals surface area contributed by atoms with E-state index >= 15 is 0 Å². The van der Waals surface area contributed by atoms with Crippen LogP contribution in [0.1, 0.15) is 22.4 Å². The summed E-state index contributed by atoms with van der Waals surface area (Å²) in [5.74, 6) is 0. The van der Waals surface area contributed by atoms with Gasteiger partial charge in [0.25, 0.3) is 0 Å². The highest BCUT2D eigenvalue weighted by atomic mass is 15.1. The molecule has 8 aromatic rings. The van der Waals surface area contributed by atoms with Gasteiger partial charge in [-0.1, -0.05) is 115 Å². The normalized spacial score (nSPS) is 11.6. The van der Waals surface area contributed by atoms with Crippen molar-refractivity contribution in [3.8, 4) is 5.69 Å². The third-order valence-corrected chi connectivity index (χ3v) is 9.16. The van der Waals surface area contributed by atoms with Crippen LogP contribution < -0.4 is 4.90 Å². The fourth-order valence-electron chi connectivity index (χ4n) is 6.61. The third kappa shape index (κ3) is 5.04. The topological polar surface area (TPSA) is 8.17 Å². The van der Waals surface area contributed by atoms with Gasteiger partial charge in [-0.15, -0.1) is 0 Å². The minimum absolute atomic E-state index is 1.12. The summed E-state index contributed by atoms with van der Waals surface area (Å²) in [4.78, 5) is 2.35. The van der Waals surface area contributed by atoms with Gasteiger partial charge in [0.2, 0.25) is 0 Å². The molecule has 0 saturated heterocycles. The molecule has 0 aliphatic rings. The van der Waals surface area contributed by atoms with E-state index in [1.54, 1.807) is 0 Å². The molecule has 1 aromatic heterocycles. The van der Waals surface area contributed by atoms with Crippen molar-refractivity contribution in [2.45, 2.75) is 13.8 Å². The Morgan fingerprint density at radius 3 is 1.61 bits per heavy atom. The largest absolute Gasteiger partial charge is 0.314 e. The molecule has 0 fully saturated rings. The lowest BCUT2D eigenvalue weighted by molar-refractivity contribution is 1.04. The molecule has 1 heterocycles. The van der Waals surface area contributed by atoms with Crippen LogP contribution in [0.15, 0.2) is 158 Å². The zero-order valence-electron chi connectivity index (χ0n) is 26.1. The molecule has 0 amide bonds. The number of rotatable bonds is 6. The van der Waals surface area contributed by atoms with Crippen LogP contribution in [0.5, 0.6) is 0 Å². The molecule has 0 aliphatic carbocycles. The van der Waals surface area contributed by atoms with Gasteiger partial charge in [-0.05, 0) is 107 Å². The van der Waals surface area contributed by atoms with E-state index < -0.39 is 0 Å². The second-order valence-corrected chi connectivity index (χ2v) is 12.0. The van der Waals surface area contributed by atoms with E-state index in [1.807, 2.05) is 0 Å². The van der Waals surface area contributed by atoms with Crippen molar-refractivity contribution in [1.29, 1.82) is 0 Å². The molecular formula is C44H34N2. The average molecular weight is 591 g/mol. The zero-order chi connectivity index (χ0) is 31.0. The highest BCUT2D eigenvalue weighted by Gasteiger charge is 2.15. The van der Waals surface area contributed by atoms with Crippen molar-refractivity contribution in [3.05, 3.63) is 180 Å². The van der Waals surface area contributed by atoms with Gasteiger partial charge in [0.1, 0.15) is 0 Å². The molecule has 0 bridgehead atoms. The van der Waals surface area contributed by atoms with E-state index in [0.29, 0.717) is 0 Å². The summed E-state index contributed by atoms with van der Waals surface area (Å²) in [7, 11) is 0. The molecule has 7 aromatic carbocycles. The van der Waals surface area contributed by atoms with E-state index in [0.717, 1.165) is 22.6 Å². The Balaban J connectivity index is 1.15. The number of para-hydroxylation sites is 1. The number of benzene rings is 7. The fourth-order valence-corrected chi connectivity index (χ4v) is 6.61. The molecular weight excluding hydrogens is 556 g/mol. The van der Waals surface area contributed by atoms with E-state index in [9.17, 15) is 0 Å². The number of hydrogen-bond acceptors (Lipinski definition) is 1. The number of aryl methyl sites for hydroxylation is 1. The maximum atomic E-state index is 2.37. The van der Waals surface area contributed by atoms with Crippen LogP contribution in [0.25, 0.3) is 50.3 Å². The van der Waals surface area contributed by atoms with Crippen LogP contribution in [0.3, 0.4) is 0 Å². The summed E-state index contributed by atoms with van der Waals surface area (Å²) in [6.45, 7) is 4.42. The quantitative estimate of drug-likeness (QED) is 0.175. The molecule has 0 saturated carbocycles. The summed E-state index contributed by atoms with van der Waals surface area (Å²) in [6, 6.07) is 56.8. The predicted molar refractivity (Wildman–Crippen MR) is 198 cm³/mol. The second-order valence-electron chi connectivity index (χ2n) is 12.0. The van der Waals surface area contributed by atoms with E-state index in [1.165, 1.54) is 55.0 Å². The average Bonchev–Trinajstić information content (AvgIpc) is 3.36. The summed E-state index contributed by atoms with van der Waals surface area (Å²) in [6.07, 6.45) is 4.42. The minimum Gasteiger partial charge on any atom is -0.314 e. The van der Waals surface area contributed by atoms with Gasteiger partial charge in [0.15, 0.2) is 0 Å². The maximum Gasteiger partial charge on any atom is 0.0540 e. The second kappa shape index (κ2) is 11.6. The van der Waals surface area contributed by atoms with Gasteiger partial charge in [-0.3, -0.25) is 0 Å². The highest BCUT2D eigenvalue weighted by molar-refractivity contribution is 5.93. The van der Waals surface area contributed by atoms with Crippen molar-refractivity contribution >= 4 is 61.7 Å². The molecule has 8 rings (SSSR count). The molecule has 0 unspecified atom stereocenters. The number of fused-ring (bicyclic) bond motifs is 3. The molecule has 2 nitrogen and oxygen atoms in total. The first-order valence-corrected chi connectivity index (χ1v) is 15.9. The minimum atomic E-state index is 1.12. The number of nitrogens with zero attached hydrogens (tertiary/aromatic N) is 2. The Kier molecular flexibility index (Phi) is 6.96. The van der Waals surface area contributed by atoms with Gasteiger partial charge in [0, 0.05) is 33.8 Å². The Labute approximate surface area is 270 Å². The lowest BCUT2D eigenvalue weighted by Crippen LogP contribution is -2.09. The van der Waals surface area contributed by atoms with Gasteiger partial charge in [-0.2, -0.15) is 0 Å². The maximum absolute atomic E-state index is 2.37. The smallest absolute Gasteiger partial charge is 0.0540 e. The highest BCUT2D eigenvalue weighted by Crippen LogP contribution is 2.38. The standard InChI is InChI=1S/C44H34N2/c1-31-32(2)45(39-14-4-3-5-15-39)44-28-34(20-27-43(31)44)17-16-33-18-23-40(24-19-33)46(41-25-21-35-10-6-8-12-37(35)29-41)42-26-22-36-11-7-9-13-38(36)30-42/h3-30H,1-2H3. The van der Waals surface area contributed by atoms with E-state index in [-0.39, 0.29) is 0 Å². The molecule has 0 N–H and O–H groups in total. The monoisotopic (exact) mass is 590 g/mol. The van der Waals surface area contributed by atoms with E-state index in [2.05, 4.69) is 193 Å². The van der Waals surface area contributed by atoms with E-state index in [4.69, 9.17) is 0 Å². The van der Waals surface area contributed by atoms with Crippen LogP contribution in [0.2, 0.25) is 0 Å². The number of hydrogen-bond donors (Lipinski definition) is 0. The fraction of sp³-hybridized carbons (Fsp3) is 0.0455. The Morgan fingerprint density at radius 2 is 0.978 bits per heavy atom. The lowest BCUT2D eigenvalue weighted by atomic mass is 10.1. The van der Waals surface area contributed by atoms with Gasteiger partial charge in [-0.25, -0.2) is 0 Å². The van der Waals surface area contributed by atoms with Crippen molar-refractivity contribution in [3.63, 3.8) is 0 Å². The van der Waals surface area contributed by atoms with Crippen molar-refractivity contribution in [2.24, 2.45) is 0 Å². The molecule has 2 heteroatoms. The molecule has 220 valence electrons. The van der Waals surface area contributed by atoms with Crippen LogP contribution in [0.4, 0.5) is 17.1 Å². The molecule has 0 spiro atoms. The Morgan fingerprint density at radius 1 is 0.457 bits per heavy atom. The van der Waals surface area contributed by atoms with Crippen LogP contribution in [0, 0.1) is 13.8 Å². The van der Waals surface area contributed by atoms with Crippen LogP contribution in [-0.2, 0) is 0 Å². The van der Waals surface area contributed by atoms with Crippen molar-refractivity contribution < 1.29 is 0 Å². The molecule has 0 aliphatic heterocycles. The Hall–Kier alpha value is -5.86. The molecule has 46 heavy (non-hydrogen) atoms. The van der Waals surface area contributed by atoms with Crippen molar-refractivity contribution in [2.75, 3.05) is 4.90 Å². The molecule has 0 atom stereocenters. The number of anilines is 3. The Bertz CT molecular complexity index is 2300. The lowest BCUT2D eigenvalue weighted by Gasteiger charge is -2.26.